The van der Waals surface area contributed by atoms with Gasteiger partial charge in [-0.3, -0.25) is 4.79 Å². The minimum Gasteiger partial charge on any atom is -0.469 e. The van der Waals surface area contributed by atoms with Crippen molar-refractivity contribution >= 4 is 11.9 Å². The third-order valence-electron chi connectivity index (χ3n) is 1.96. The van der Waals surface area contributed by atoms with E-state index in [0.29, 0.717) is 5.69 Å². The van der Waals surface area contributed by atoms with Crippen LogP contribution in [0.3, 0.4) is 0 Å². The molecule has 0 saturated heterocycles. The highest BCUT2D eigenvalue weighted by Crippen LogP contribution is 2.12. The summed E-state index contributed by atoms with van der Waals surface area (Å²) in [7, 11) is 1.28. The van der Waals surface area contributed by atoms with E-state index in [1.54, 1.807) is 6.92 Å². The van der Waals surface area contributed by atoms with Crippen LogP contribution in [0.1, 0.15) is 12.1 Å². The summed E-state index contributed by atoms with van der Waals surface area (Å²) in [6, 6.07) is 0. The molecule has 0 saturated carbocycles. The summed E-state index contributed by atoms with van der Waals surface area (Å²) in [6.45, 7) is 1.89. The van der Waals surface area contributed by atoms with Crippen LogP contribution in [0.5, 0.6) is 0 Å². The minimum absolute atomic E-state index is 0.0918. The maximum atomic E-state index is 10.9. The molecule has 0 radical (unpaired) electrons. The smallest absolute Gasteiger partial charge is 0.434 e. The summed E-state index contributed by atoms with van der Waals surface area (Å²) in [4.78, 5) is 24.5. The highest BCUT2D eigenvalue weighted by atomic mass is 16.6. The largest absolute Gasteiger partial charge is 0.469 e. The van der Waals surface area contributed by atoms with Crippen LogP contribution in [0.15, 0.2) is 6.20 Å². The van der Waals surface area contributed by atoms with Gasteiger partial charge >= 0.3 is 11.9 Å². The molecule has 0 aliphatic rings. The lowest BCUT2D eigenvalue weighted by Gasteiger charge is -2.02. The first-order valence-electron chi connectivity index (χ1n) is 4.29. The Balaban J connectivity index is 2.79. The Hall–Kier alpha value is -1.92. The van der Waals surface area contributed by atoms with Gasteiger partial charge in [0, 0.05) is 0 Å². The van der Waals surface area contributed by atoms with Crippen LogP contribution in [-0.2, 0) is 16.1 Å². The third kappa shape index (κ3) is 2.52. The molecule has 7 nitrogen and oxygen atoms in total. The van der Waals surface area contributed by atoms with Crippen molar-refractivity contribution in [1.29, 1.82) is 0 Å². The first-order chi connectivity index (χ1) is 7.06. The average Bonchev–Trinajstić information content (AvgIpc) is 2.56. The van der Waals surface area contributed by atoms with Crippen molar-refractivity contribution in [3.05, 3.63) is 22.0 Å². The van der Waals surface area contributed by atoms with E-state index < -0.39 is 10.9 Å². The van der Waals surface area contributed by atoms with Crippen LogP contribution in [0, 0.1) is 17.0 Å². The molecule has 0 atom stereocenters. The molecule has 0 unspecified atom stereocenters. The monoisotopic (exact) mass is 213 g/mol. The molecule has 0 N–H and O–H groups in total. The fraction of sp³-hybridized carbons (Fsp3) is 0.500. The number of hydrogen-bond acceptors (Lipinski definition) is 5. The molecule has 7 heteroatoms. The van der Waals surface area contributed by atoms with Crippen molar-refractivity contribution in [1.82, 2.24) is 9.55 Å². The minimum atomic E-state index is -0.579. The first-order valence-corrected chi connectivity index (χ1v) is 4.29. The molecule has 1 rings (SSSR count). The number of carbonyl (C=O) groups excluding carboxylic acids is 1. The van der Waals surface area contributed by atoms with E-state index in [0.717, 1.165) is 0 Å². The van der Waals surface area contributed by atoms with Gasteiger partial charge in [-0.15, -0.1) is 0 Å². The van der Waals surface area contributed by atoms with Crippen molar-refractivity contribution in [3.8, 4) is 0 Å². The summed E-state index contributed by atoms with van der Waals surface area (Å²) < 4.78 is 5.82. The summed E-state index contributed by atoms with van der Waals surface area (Å²) in [6.07, 6.45) is 1.49. The van der Waals surface area contributed by atoms with E-state index in [4.69, 9.17) is 0 Å². The molecule has 0 spiro atoms. The van der Waals surface area contributed by atoms with Gasteiger partial charge in [0.25, 0.3) is 0 Å². The number of ether oxygens (including phenoxy) is 1. The Morgan fingerprint density at radius 2 is 2.40 bits per heavy atom. The highest BCUT2D eigenvalue weighted by molar-refractivity contribution is 5.69. The van der Waals surface area contributed by atoms with Crippen molar-refractivity contribution in [2.24, 2.45) is 0 Å². The zero-order valence-corrected chi connectivity index (χ0v) is 8.47. The lowest BCUT2D eigenvalue weighted by atomic mass is 10.4. The molecule has 1 aromatic heterocycles. The third-order valence-corrected chi connectivity index (χ3v) is 1.96. The maximum absolute atomic E-state index is 10.9. The van der Waals surface area contributed by atoms with E-state index in [2.05, 4.69) is 9.72 Å². The van der Waals surface area contributed by atoms with Gasteiger partial charge in [-0.1, -0.05) is 4.98 Å². The van der Waals surface area contributed by atoms with Gasteiger partial charge in [0.1, 0.15) is 11.9 Å². The maximum Gasteiger partial charge on any atom is 0.434 e. The predicted molar refractivity (Wildman–Crippen MR) is 50.3 cm³/mol. The van der Waals surface area contributed by atoms with Crippen LogP contribution in [-0.4, -0.2) is 27.6 Å². The van der Waals surface area contributed by atoms with E-state index in [9.17, 15) is 14.9 Å². The normalized spacial score (nSPS) is 10.0. The Bertz CT molecular complexity index is 385. The van der Waals surface area contributed by atoms with Crippen LogP contribution in [0.25, 0.3) is 0 Å². The lowest BCUT2D eigenvalue weighted by molar-refractivity contribution is -0.396. The molecular weight excluding hydrogens is 202 g/mol. The molecule has 1 aromatic rings. The van der Waals surface area contributed by atoms with Crippen LogP contribution in [0.4, 0.5) is 5.95 Å². The number of aromatic nitrogens is 2. The Morgan fingerprint density at radius 1 is 1.73 bits per heavy atom. The number of carbonyl (C=O) groups is 1. The summed E-state index contributed by atoms with van der Waals surface area (Å²) in [5.74, 6) is -0.659. The fourth-order valence-electron chi connectivity index (χ4n) is 1.18. The second-order valence-electron chi connectivity index (χ2n) is 2.93. The van der Waals surface area contributed by atoms with Gasteiger partial charge in [-0.25, -0.2) is 4.57 Å². The van der Waals surface area contributed by atoms with Gasteiger partial charge < -0.3 is 14.9 Å². The van der Waals surface area contributed by atoms with E-state index in [1.807, 2.05) is 0 Å². The fourth-order valence-corrected chi connectivity index (χ4v) is 1.18. The summed E-state index contributed by atoms with van der Waals surface area (Å²) >= 11 is 0. The summed E-state index contributed by atoms with van der Waals surface area (Å²) in [5, 5.41) is 10.6. The van der Waals surface area contributed by atoms with Crippen molar-refractivity contribution in [2.45, 2.75) is 19.9 Å². The van der Waals surface area contributed by atoms with E-state index >= 15 is 0 Å². The molecule has 15 heavy (non-hydrogen) atoms. The number of imidazole rings is 1. The topological polar surface area (TPSA) is 87.3 Å². The van der Waals surface area contributed by atoms with Gasteiger partial charge in [-0.05, 0) is 11.8 Å². The average molecular weight is 213 g/mol. The molecule has 0 aliphatic heterocycles. The zero-order chi connectivity index (χ0) is 11.4. The Kier molecular flexibility index (Phi) is 3.37. The number of nitrogens with zero attached hydrogens (tertiary/aromatic N) is 3. The van der Waals surface area contributed by atoms with Gasteiger partial charge in [-0.2, -0.15) is 0 Å². The molecule has 0 amide bonds. The molecule has 0 bridgehead atoms. The Morgan fingerprint density at radius 3 is 2.93 bits per heavy atom. The number of methoxy groups -OCH3 is 1. The summed E-state index contributed by atoms with van der Waals surface area (Å²) in [5.41, 5.74) is 0.644. The van der Waals surface area contributed by atoms with Gasteiger partial charge in [0.2, 0.25) is 0 Å². The van der Waals surface area contributed by atoms with E-state index in [1.165, 1.54) is 17.9 Å². The van der Waals surface area contributed by atoms with Gasteiger partial charge in [0.15, 0.2) is 0 Å². The molecular formula is C8H11N3O4. The number of rotatable bonds is 4. The molecule has 0 aromatic carbocycles. The quantitative estimate of drug-likeness (QED) is 0.416. The highest BCUT2D eigenvalue weighted by Gasteiger charge is 2.18. The second-order valence-corrected chi connectivity index (χ2v) is 2.93. The van der Waals surface area contributed by atoms with Crippen LogP contribution < -0.4 is 0 Å². The number of nitro groups is 1. The second kappa shape index (κ2) is 4.54. The standard InChI is InChI=1S/C8H11N3O4/c1-6-5-9-8(11(13)14)10(6)4-3-7(12)15-2/h5H,3-4H2,1-2H3. The van der Waals surface area contributed by atoms with Crippen molar-refractivity contribution in [2.75, 3.05) is 7.11 Å². The zero-order valence-electron chi connectivity index (χ0n) is 8.47. The molecule has 82 valence electrons. The van der Waals surface area contributed by atoms with Gasteiger partial charge in [0.05, 0.1) is 20.1 Å². The molecule has 0 aliphatic carbocycles. The molecule has 0 fully saturated rings. The van der Waals surface area contributed by atoms with Crippen molar-refractivity contribution < 1.29 is 14.5 Å². The Labute approximate surface area is 85.8 Å². The first kappa shape index (κ1) is 11.2. The number of hydrogen-bond donors (Lipinski definition) is 0. The van der Waals surface area contributed by atoms with E-state index in [-0.39, 0.29) is 18.9 Å². The SMILES string of the molecule is COC(=O)CCn1c(C)cnc1[N+](=O)[O-]. The number of aryl methyl sites for hydroxylation is 1. The lowest BCUT2D eigenvalue weighted by Crippen LogP contribution is -2.10. The van der Waals surface area contributed by atoms with Crippen LogP contribution >= 0.6 is 0 Å². The van der Waals surface area contributed by atoms with Crippen molar-refractivity contribution in [3.63, 3.8) is 0 Å². The molecule has 1 heterocycles. The number of esters is 1. The predicted octanol–water partition coefficient (Wildman–Crippen LogP) is 0.663. The van der Waals surface area contributed by atoms with Crippen LogP contribution in [0.2, 0.25) is 0 Å².